The van der Waals surface area contributed by atoms with E-state index in [0.29, 0.717) is 17.0 Å². The summed E-state index contributed by atoms with van der Waals surface area (Å²) in [5.41, 5.74) is 1.53. The highest BCUT2D eigenvalue weighted by Gasteiger charge is 2.44. The third-order valence-corrected chi connectivity index (χ3v) is 6.04. The van der Waals surface area contributed by atoms with Crippen molar-refractivity contribution in [2.75, 3.05) is 43.5 Å². The minimum Gasteiger partial charge on any atom is -0.369 e. The van der Waals surface area contributed by atoms with Crippen molar-refractivity contribution in [2.45, 2.75) is 25.3 Å². The first-order chi connectivity index (χ1) is 14.0. The Bertz CT molecular complexity index is 866. The Labute approximate surface area is 173 Å². The number of fused-ring (bicyclic) bond motifs is 1. The Hall–Kier alpha value is -2.45. The van der Waals surface area contributed by atoms with E-state index in [1.54, 1.807) is 12.1 Å². The second-order valence-corrected chi connectivity index (χ2v) is 7.93. The van der Waals surface area contributed by atoms with E-state index >= 15 is 0 Å². The van der Waals surface area contributed by atoms with Gasteiger partial charge in [0, 0.05) is 44.2 Å². The molecule has 0 saturated carbocycles. The zero-order valence-electron chi connectivity index (χ0n) is 16.0. The Kier molecular flexibility index (Phi) is 5.56. The van der Waals surface area contributed by atoms with Crippen molar-refractivity contribution in [2.24, 2.45) is 0 Å². The number of anilines is 1. The molecule has 9 heteroatoms. The molecule has 1 atom stereocenters. The fourth-order valence-corrected chi connectivity index (χ4v) is 4.29. The monoisotopic (exact) mass is 418 g/mol. The van der Waals surface area contributed by atoms with Crippen LogP contribution in [0.5, 0.6) is 0 Å². The van der Waals surface area contributed by atoms with Gasteiger partial charge in [0.25, 0.3) is 11.8 Å². The maximum Gasteiger partial charge on any atom is 0.262 e. The van der Waals surface area contributed by atoms with Crippen molar-refractivity contribution in [3.63, 3.8) is 0 Å². The molecule has 2 fully saturated rings. The normalized spacial score (nSPS) is 22.9. The van der Waals surface area contributed by atoms with Crippen LogP contribution in [0, 0.1) is 0 Å². The molecule has 1 aromatic carbocycles. The molecule has 0 bridgehead atoms. The van der Waals surface area contributed by atoms with Crippen molar-refractivity contribution >= 4 is 40.9 Å². The number of amides is 4. The molecule has 1 aromatic rings. The van der Waals surface area contributed by atoms with Crippen molar-refractivity contribution in [3.8, 4) is 0 Å². The summed E-state index contributed by atoms with van der Waals surface area (Å²) >= 11 is 5.77. The molecular weight excluding hydrogens is 396 g/mol. The fourth-order valence-electron chi connectivity index (χ4n) is 4.17. The smallest absolute Gasteiger partial charge is 0.262 e. The molecule has 1 unspecified atom stereocenters. The number of rotatable bonds is 5. The molecule has 2 saturated heterocycles. The number of carbonyl (C=O) groups is 4. The lowest BCUT2D eigenvalue weighted by Gasteiger charge is -2.36. The van der Waals surface area contributed by atoms with E-state index in [1.807, 2.05) is 6.07 Å². The topological polar surface area (TPSA) is 90.0 Å². The summed E-state index contributed by atoms with van der Waals surface area (Å²) in [6.45, 7) is 4.49. The number of piperazine rings is 1. The number of hydrogen-bond donors (Lipinski definition) is 1. The van der Waals surface area contributed by atoms with E-state index in [2.05, 4.69) is 15.1 Å². The predicted octanol–water partition coefficient (Wildman–Crippen LogP) is 0.839. The van der Waals surface area contributed by atoms with Crippen LogP contribution in [-0.4, -0.2) is 78.1 Å². The molecule has 4 amide bonds. The van der Waals surface area contributed by atoms with E-state index < -0.39 is 23.8 Å². The van der Waals surface area contributed by atoms with Crippen LogP contribution in [-0.2, 0) is 9.59 Å². The summed E-state index contributed by atoms with van der Waals surface area (Å²) in [6, 6.07) is 4.33. The van der Waals surface area contributed by atoms with Gasteiger partial charge in [-0.05, 0) is 37.6 Å². The summed E-state index contributed by atoms with van der Waals surface area (Å²) in [4.78, 5) is 54.8. The summed E-state index contributed by atoms with van der Waals surface area (Å²) in [7, 11) is 0. The molecule has 29 heavy (non-hydrogen) atoms. The molecule has 3 aliphatic rings. The number of piperidine rings is 1. The number of benzene rings is 1. The van der Waals surface area contributed by atoms with Gasteiger partial charge in [-0.15, -0.1) is 11.6 Å². The van der Waals surface area contributed by atoms with Crippen molar-refractivity contribution < 1.29 is 19.2 Å². The molecule has 0 aliphatic carbocycles. The lowest BCUT2D eigenvalue weighted by molar-refractivity contribution is -0.136. The Morgan fingerprint density at radius 3 is 2.41 bits per heavy atom. The van der Waals surface area contributed by atoms with Gasteiger partial charge in [0.1, 0.15) is 6.04 Å². The quantitative estimate of drug-likeness (QED) is 0.563. The predicted molar refractivity (Wildman–Crippen MR) is 107 cm³/mol. The highest BCUT2D eigenvalue weighted by Crippen LogP contribution is 2.31. The van der Waals surface area contributed by atoms with Gasteiger partial charge >= 0.3 is 0 Å². The molecule has 8 nitrogen and oxygen atoms in total. The molecule has 3 aliphatic heterocycles. The van der Waals surface area contributed by atoms with Crippen LogP contribution in [0.4, 0.5) is 5.69 Å². The lowest BCUT2D eigenvalue weighted by Crippen LogP contribution is -2.54. The average molecular weight is 419 g/mol. The van der Waals surface area contributed by atoms with Crippen LogP contribution in [0.15, 0.2) is 18.2 Å². The van der Waals surface area contributed by atoms with Crippen LogP contribution in [0.3, 0.4) is 0 Å². The van der Waals surface area contributed by atoms with Gasteiger partial charge in [0.2, 0.25) is 11.8 Å². The number of carbonyl (C=O) groups excluding carboxylic acids is 4. The van der Waals surface area contributed by atoms with Crippen molar-refractivity contribution in [3.05, 3.63) is 29.3 Å². The number of hydrogen-bond acceptors (Lipinski definition) is 6. The van der Waals surface area contributed by atoms with E-state index in [4.69, 9.17) is 11.6 Å². The SMILES string of the molecule is O=C1CCC(N2C(=O)c3ccc(N4CCN(CCCCl)CC4)cc3C2=O)C(=O)N1. The van der Waals surface area contributed by atoms with Gasteiger partial charge in [0.05, 0.1) is 11.1 Å². The molecular formula is C20H23ClN4O4. The first kappa shape index (κ1) is 19.8. The Morgan fingerprint density at radius 1 is 1.00 bits per heavy atom. The van der Waals surface area contributed by atoms with Crippen LogP contribution in [0.2, 0.25) is 0 Å². The fraction of sp³-hybridized carbons (Fsp3) is 0.500. The number of imide groups is 2. The zero-order valence-corrected chi connectivity index (χ0v) is 16.8. The van der Waals surface area contributed by atoms with Crippen molar-refractivity contribution in [1.82, 2.24) is 15.1 Å². The Morgan fingerprint density at radius 2 is 1.72 bits per heavy atom. The summed E-state index contributed by atoms with van der Waals surface area (Å²) in [6.07, 6.45) is 1.24. The van der Waals surface area contributed by atoms with Gasteiger partial charge in [-0.3, -0.25) is 34.3 Å². The average Bonchev–Trinajstić information content (AvgIpc) is 2.97. The van der Waals surface area contributed by atoms with Gasteiger partial charge in [-0.25, -0.2) is 0 Å². The van der Waals surface area contributed by atoms with Crippen LogP contribution in [0.1, 0.15) is 40.0 Å². The van der Waals surface area contributed by atoms with Gasteiger partial charge in [-0.2, -0.15) is 0 Å². The minimum absolute atomic E-state index is 0.114. The largest absolute Gasteiger partial charge is 0.369 e. The third-order valence-electron chi connectivity index (χ3n) is 5.77. The molecule has 3 heterocycles. The molecule has 1 N–H and O–H groups in total. The molecule has 4 rings (SSSR count). The van der Waals surface area contributed by atoms with Crippen molar-refractivity contribution in [1.29, 1.82) is 0 Å². The van der Waals surface area contributed by atoms with E-state index in [1.165, 1.54) is 0 Å². The highest BCUT2D eigenvalue weighted by molar-refractivity contribution is 6.23. The van der Waals surface area contributed by atoms with E-state index in [-0.39, 0.29) is 18.7 Å². The van der Waals surface area contributed by atoms with Gasteiger partial charge in [0.15, 0.2) is 0 Å². The second-order valence-electron chi connectivity index (χ2n) is 7.55. The number of nitrogens with zero attached hydrogens (tertiary/aromatic N) is 3. The summed E-state index contributed by atoms with van der Waals surface area (Å²) < 4.78 is 0. The summed E-state index contributed by atoms with van der Waals surface area (Å²) in [5.74, 6) is -1.26. The van der Waals surface area contributed by atoms with E-state index in [0.717, 1.165) is 49.7 Å². The third kappa shape index (κ3) is 3.74. The van der Waals surface area contributed by atoms with Crippen LogP contribution >= 0.6 is 11.6 Å². The molecule has 0 spiro atoms. The van der Waals surface area contributed by atoms with Crippen LogP contribution < -0.4 is 10.2 Å². The standard InChI is InChI=1S/C20H23ClN4O4/c21-6-1-7-23-8-10-24(11-9-23)13-2-3-14-15(12-13)20(29)25(19(14)28)16-4-5-17(26)22-18(16)27/h2-3,12,16H,1,4-11H2,(H,22,26,27). The Balaban J connectivity index is 1.49. The summed E-state index contributed by atoms with van der Waals surface area (Å²) in [5, 5.41) is 2.21. The first-order valence-electron chi connectivity index (χ1n) is 9.88. The van der Waals surface area contributed by atoms with Gasteiger partial charge in [-0.1, -0.05) is 0 Å². The number of halogens is 1. The molecule has 0 radical (unpaired) electrons. The first-order valence-corrected chi connectivity index (χ1v) is 10.4. The van der Waals surface area contributed by atoms with Gasteiger partial charge < -0.3 is 4.90 Å². The number of nitrogens with one attached hydrogen (secondary N) is 1. The van der Waals surface area contributed by atoms with E-state index in [9.17, 15) is 19.2 Å². The molecule has 154 valence electrons. The maximum atomic E-state index is 12.9. The van der Waals surface area contributed by atoms with Crippen LogP contribution in [0.25, 0.3) is 0 Å². The highest BCUT2D eigenvalue weighted by atomic mass is 35.5. The second kappa shape index (κ2) is 8.12. The number of alkyl halides is 1. The molecule has 0 aromatic heterocycles. The minimum atomic E-state index is -0.936. The zero-order chi connectivity index (χ0) is 20.5. The lowest BCUT2D eigenvalue weighted by atomic mass is 10.0. The maximum absolute atomic E-state index is 12.9.